The van der Waals surface area contributed by atoms with Crippen LogP contribution in [0.2, 0.25) is 0 Å². The molecule has 0 atom stereocenters. The molecule has 0 heterocycles. The normalized spacial score (nSPS) is 9.00. The van der Waals surface area contributed by atoms with Gasteiger partial charge in [-0.05, 0) is 12.1 Å². The Morgan fingerprint density at radius 1 is 1.30 bits per heavy atom. The second kappa shape index (κ2) is 4.16. The summed E-state index contributed by atoms with van der Waals surface area (Å²) in [5, 5.41) is 0. The van der Waals surface area contributed by atoms with E-state index in [1.807, 2.05) is 0 Å². The van der Waals surface area contributed by atoms with Gasteiger partial charge in [-0.25, -0.2) is 4.39 Å². The second-order valence-electron chi connectivity index (χ2n) is 2.07. The molecule has 1 rings (SSSR count). The Labute approximate surface area is 72.9 Å². The van der Waals surface area contributed by atoms with Crippen molar-refractivity contribution in [3.05, 3.63) is 35.6 Å². The van der Waals surface area contributed by atoms with Crippen molar-refractivity contribution in [2.45, 2.75) is 4.55 Å². The van der Waals surface area contributed by atoms with Crippen molar-refractivity contribution in [2.24, 2.45) is 0 Å². The Morgan fingerprint density at radius 2 is 1.90 bits per heavy atom. The van der Waals surface area contributed by atoms with Crippen LogP contribution in [0.25, 0.3) is 0 Å². The van der Waals surface area contributed by atoms with Gasteiger partial charge in [-0.3, -0.25) is 0 Å². The zero-order valence-corrected chi connectivity index (χ0v) is 7.65. The molecule has 0 aliphatic heterocycles. The fraction of sp³-hybridized carbons (Fsp3) is 0.143. The molecule has 1 aromatic carbocycles. The van der Waals surface area contributed by atoms with Gasteiger partial charge in [0.1, 0.15) is 5.82 Å². The quantitative estimate of drug-likeness (QED) is 0.595. The monoisotopic (exact) mass is 168 g/mol. The summed E-state index contributed by atoms with van der Waals surface area (Å²) in [6.45, 7) is 0. The lowest BCUT2D eigenvalue weighted by molar-refractivity contribution is 0.627. The molecule has 0 aliphatic carbocycles. The molecule has 50 valence electrons. The lowest BCUT2D eigenvalue weighted by Gasteiger charge is -1.94. The van der Waals surface area contributed by atoms with E-state index in [0.29, 0.717) is 0 Å². The SMILES string of the molecule is Fc1ccc([CH2][Mg][Cl])cc1. The van der Waals surface area contributed by atoms with Gasteiger partial charge in [-0.15, -0.1) is 0 Å². The third-order valence-electron chi connectivity index (χ3n) is 1.30. The van der Waals surface area contributed by atoms with E-state index in [0.717, 1.165) is 10.1 Å². The largest absolute Gasteiger partial charge is 0.505 e. The van der Waals surface area contributed by atoms with Gasteiger partial charge in [0.25, 0.3) is 0 Å². The topological polar surface area (TPSA) is 0 Å². The first-order chi connectivity index (χ1) is 4.83. The Morgan fingerprint density at radius 3 is 2.40 bits per heavy atom. The maximum absolute atomic E-state index is 12.3. The molecule has 0 fully saturated rings. The Bertz CT molecular complexity index is 197. The lowest BCUT2D eigenvalue weighted by atomic mass is 10.2. The average molecular weight is 169 g/mol. The summed E-state index contributed by atoms with van der Waals surface area (Å²) in [7, 11) is 5.62. The van der Waals surface area contributed by atoms with Crippen LogP contribution < -0.4 is 0 Å². The minimum absolute atomic E-state index is 0.181. The molecule has 0 saturated carbocycles. The molecule has 0 spiro atoms. The maximum atomic E-state index is 12.3. The van der Waals surface area contributed by atoms with Crippen molar-refractivity contribution in [3.63, 3.8) is 0 Å². The van der Waals surface area contributed by atoms with Crippen molar-refractivity contribution in [3.8, 4) is 0 Å². The van der Waals surface area contributed by atoms with Crippen LogP contribution in [0.1, 0.15) is 5.56 Å². The molecular formula is C7H6ClFMg. The third-order valence-corrected chi connectivity index (χ3v) is 2.63. The predicted molar refractivity (Wildman–Crippen MR) is 41.7 cm³/mol. The summed E-state index contributed by atoms with van der Waals surface area (Å²) >= 11 is -0.447. The van der Waals surface area contributed by atoms with Crippen LogP contribution in [0.4, 0.5) is 4.39 Å². The predicted octanol–water partition coefficient (Wildman–Crippen LogP) is 2.18. The van der Waals surface area contributed by atoms with E-state index in [4.69, 9.17) is 9.07 Å². The standard InChI is InChI=1S/C7H6F.ClH.Mg/c1-6-2-4-7(8)5-3-6;;/h2-5H,1H2;1H;/q;;+1/p-1. The Kier molecular flexibility index (Phi) is 3.46. The van der Waals surface area contributed by atoms with Crippen molar-refractivity contribution in [1.29, 1.82) is 0 Å². The zero-order chi connectivity index (χ0) is 7.40. The van der Waals surface area contributed by atoms with Gasteiger partial charge in [-0.1, -0.05) is 22.2 Å². The van der Waals surface area contributed by atoms with E-state index in [2.05, 4.69) is 0 Å². The highest BCUT2D eigenvalue weighted by molar-refractivity contribution is 6.93. The van der Waals surface area contributed by atoms with Crippen LogP contribution in [0, 0.1) is 5.82 Å². The molecule has 3 heteroatoms. The first-order valence-electron chi connectivity index (χ1n) is 3.13. The average Bonchev–Trinajstić information content (AvgIpc) is 1.95. The summed E-state index contributed by atoms with van der Waals surface area (Å²) in [6, 6.07) is 6.50. The summed E-state index contributed by atoms with van der Waals surface area (Å²) in [5.74, 6) is -0.181. The van der Waals surface area contributed by atoms with Gasteiger partial charge in [-0.2, -0.15) is 0 Å². The maximum Gasteiger partial charge on any atom is 0.505 e. The van der Waals surface area contributed by atoms with Crippen molar-refractivity contribution >= 4 is 28.3 Å². The van der Waals surface area contributed by atoms with Crippen LogP contribution in [0.15, 0.2) is 24.3 Å². The minimum Gasteiger partial charge on any atom is -0.345 e. The van der Waals surface area contributed by atoms with E-state index >= 15 is 0 Å². The van der Waals surface area contributed by atoms with Crippen LogP contribution in [-0.2, 0) is 4.55 Å². The smallest absolute Gasteiger partial charge is 0.345 e. The Balaban J connectivity index is 2.69. The van der Waals surface area contributed by atoms with Gasteiger partial charge in [0.05, 0.1) is 0 Å². The molecule has 0 N–H and O–H groups in total. The number of halogens is 2. The first kappa shape index (κ1) is 8.30. The zero-order valence-electron chi connectivity index (χ0n) is 5.48. The minimum atomic E-state index is -0.447. The first-order valence-corrected chi connectivity index (χ1v) is 6.27. The molecule has 0 nitrogen and oxygen atoms in total. The van der Waals surface area contributed by atoms with Gasteiger partial charge in [0.2, 0.25) is 0 Å². The molecular weight excluding hydrogens is 163 g/mol. The molecule has 0 radical (unpaired) electrons. The highest BCUT2D eigenvalue weighted by Gasteiger charge is 1.94. The van der Waals surface area contributed by atoms with Crippen LogP contribution in [0.3, 0.4) is 0 Å². The fourth-order valence-corrected chi connectivity index (χ4v) is 1.97. The molecule has 1 aromatic rings. The number of hydrogen-bond acceptors (Lipinski definition) is 0. The highest BCUT2D eigenvalue weighted by Crippen LogP contribution is 2.02. The molecule has 0 saturated heterocycles. The summed E-state index contributed by atoms with van der Waals surface area (Å²) in [6.07, 6.45) is 0. The molecule has 10 heavy (non-hydrogen) atoms. The second-order valence-corrected chi connectivity index (χ2v) is 4.08. The summed E-state index contributed by atoms with van der Waals surface area (Å²) < 4.78 is 13.3. The van der Waals surface area contributed by atoms with E-state index in [1.54, 1.807) is 12.1 Å². The van der Waals surface area contributed by atoms with Crippen LogP contribution in [0.5, 0.6) is 0 Å². The molecule has 0 aliphatic rings. The number of rotatable bonds is 2. The number of benzene rings is 1. The molecule has 0 unspecified atom stereocenters. The highest BCUT2D eigenvalue weighted by atomic mass is 35.5. The van der Waals surface area contributed by atoms with E-state index < -0.39 is 19.3 Å². The summed E-state index contributed by atoms with van der Waals surface area (Å²) in [4.78, 5) is 0. The van der Waals surface area contributed by atoms with Crippen molar-refractivity contribution in [2.75, 3.05) is 0 Å². The van der Waals surface area contributed by atoms with Crippen molar-refractivity contribution in [1.82, 2.24) is 0 Å². The molecule has 0 bridgehead atoms. The van der Waals surface area contributed by atoms with Gasteiger partial charge in [0, 0.05) is 0 Å². The van der Waals surface area contributed by atoms with Crippen LogP contribution in [-0.4, -0.2) is 19.3 Å². The van der Waals surface area contributed by atoms with E-state index in [-0.39, 0.29) is 5.82 Å². The van der Waals surface area contributed by atoms with E-state index in [1.165, 1.54) is 12.1 Å². The lowest BCUT2D eigenvalue weighted by Crippen LogP contribution is -1.88. The number of hydrogen-bond donors (Lipinski definition) is 0. The summed E-state index contributed by atoms with van der Waals surface area (Å²) in [5.41, 5.74) is 1.14. The van der Waals surface area contributed by atoms with Crippen LogP contribution >= 0.6 is 9.07 Å². The van der Waals surface area contributed by atoms with Crippen molar-refractivity contribution < 1.29 is 4.39 Å². The van der Waals surface area contributed by atoms with Gasteiger partial charge in [0.15, 0.2) is 0 Å². The Hall–Kier alpha value is 0.206. The molecule has 0 aromatic heterocycles. The fourth-order valence-electron chi connectivity index (χ4n) is 0.760. The van der Waals surface area contributed by atoms with E-state index in [9.17, 15) is 4.39 Å². The van der Waals surface area contributed by atoms with Gasteiger partial charge >= 0.3 is 19.3 Å². The third kappa shape index (κ3) is 2.44. The van der Waals surface area contributed by atoms with Gasteiger partial charge < -0.3 is 9.07 Å². The molecule has 0 amide bonds.